The fourth-order valence-corrected chi connectivity index (χ4v) is 1.97. The average Bonchev–Trinajstić information content (AvgIpc) is 2.35. The van der Waals surface area contributed by atoms with Crippen molar-refractivity contribution in [3.8, 4) is 0 Å². The number of allylic oxidation sites excluding steroid dienone is 2. The Morgan fingerprint density at radius 2 is 1.94 bits per heavy atom. The number of nitrogens with two attached hydrogens (primary N) is 1. The molecule has 1 aromatic rings. The third-order valence-electron chi connectivity index (χ3n) is 2.73. The Hall–Kier alpha value is -1.52. The SMILES string of the molecule is N[C@]1(F)C=CC(Cl)=C(F)[C@@H]1C(=O)c1ccccc1. The number of alkyl halides is 1. The standard InChI is InChI=1S/C13H10ClF2NO/c14-9-6-7-13(16,17)10(11(9)15)12(18)8-4-2-1-3-5-8/h1-7,10H,17H2/t10-,13-/m1/s1. The van der Waals surface area contributed by atoms with E-state index in [9.17, 15) is 13.6 Å². The van der Waals surface area contributed by atoms with E-state index in [-0.39, 0.29) is 10.6 Å². The molecule has 1 aromatic carbocycles. The molecule has 2 atom stereocenters. The Balaban J connectivity index is 2.43. The van der Waals surface area contributed by atoms with E-state index in [0.29, 0.717) is 0 Å². The molecular weight excluding hydrogens is 260 g/mol. The van der Waals surface area contributed by atoms with Crippen LogP contribution in [0.2, 0.25) is 0 Å². The number of hydrogen-bond acceptors (Lipinski definition) is 2. The van der Waals surface area contributed by atoms with Gasteiger partial charge in [-0.15, -0.1) is 0 Å². The van der Waals surface area contributed by atoms with Gasteiger partial charge in [0.05, 0.1) is 5.03 Å². The van der Waals surface area contributed by atoms with Gasteiger partial charge in [-0.2, -0.15) is 0 Å². The van der Waals surface area contributed by atoms with Crippen molar-refractivity contribution in [2.45, 2.75) is 5.79 Å². The maximum atomic E-state index is 14.0. The minimum absolute atomic E-state index is 0.185. The van der Waals surface area contributed by atoms with Crippen LogP contribution in [0.25, 0.3) is 0 Å². The summed E-state index contributed by atoms with van der Waals surface area (Å²) < 4.78 is 27.9. The van der Waals surface area contributed by atoms with Gasteiger partial charge in [-0.05, 0) is 12.2 Å². The first-order chi connectivity index (χ1) is 8.43. The second kappa shape index (κ2) is 4.63. The lowest BCUT2D eigenvalue weighted by atomic mass is 9.85. The molecule has 5 heteroatoms. The lowest BCUT2D eigenvalue weighted by molar-refractivity contribution is 0.0753. The number of carbonyl (C=O) groups is 1. The van der Waals surface area contributed by atoms with Crippen LogP contribution in [0.3, 0.4) is 0 Å². The highest BCUT2D eigenvalue weighted by molar-refractivity contribution is 6.31. The summed E-state index contributed by atoms with van der Waals surface area (Å²) in [5.74, 6) is -6.09. The quantitative estimate of drug-likeness (QED) is 0.662. The van der Waals surface area contributed by atoms with Crippen LogP contribution in [-0.4, -0.2) is 11.6 Å². The zero-order valence-corrected chi connectivity index (χ0v) is 9.99. The largest absolute Gasteiger partial charge is 0.295 e. The number of hydrogen-bond donors (Lipinski definition) is 1. The van der Waals surface area contributed by atoms with Gasteiger partial charge in [0.2, 0.25) is 0 Å². The second-order valence-electron chi connectivity index (χ2n) is 4.02. The molecule has 0 fully saturated rings. The van der Waals surface area contributed by atoms with Gasteiger partial charge < -0.3 is 0 Å². The van der Waals surface area contributed by atoms with Gasteiger partial charge in [-0.1, -0.05) is 41.9 Å². The van der Waals surface area contributed by atoms with E-state index in [4.69, 9.17) is 17.3 Å². The van der Waals surface area contributed by atoms with Crippen LogP contribution >= 0.6 is 11.6 Å². The average molecular weight is 270 g/mol. The zero-order chi connectivity index (χ0) is 13.3. The van der Waals surface area contributed by atoms with Crippen LogP contribution < -0.4 is 5.73 Å². The number of Topliss-reactive ketones (excluding diaryl/α,β-unsaturated/α-hetero) is 1. The maximum Gasteiger partial charge on any atom is 0.194 e. The molecule has 0 saturated carbocycles. The van der Waals surface area contributed by atoms with Crippen molar-refractivity contribution in [1.29, 1.82) is 0 Å². The van der Waals surface area contributed by atoms with Gasteiger partial charge in [0.15, 0.2) is 11.6 Å². The zero-order valence-electron chi connectivity index (χ0n) is 9.24. The summed E-state index contributed by atoms with van der Waals surface area (Å²) in [5, 5.41) is -0.303. The summed E-state index contributed by atoms with van der Waals surface area (Å²) in [6, 6.07) is 7.84. The molecule has 0 amide bonds. The maximum absolute atomic E-state index is 14.0. The van der Waals surface area contributed by atoms with Crippen molar-refractivity contribution < 1.29 is 13.6 Å². The summed E-state index contributed by atoms with van der Waals surface area (Å²) >= 11 is 5.56. The van der Waals surface area contributed by atoms with Gasteiger partial charge in [-0.25, -0.2) is 8.78 Å². The molecule has 2 N–H and O–H groups in total. The summed E-state index contributed by atoms with van der Waals surface area (Å²) in [4.78, 5) is 12.1. The van der Waals surface area contributed by atoms with E-state index in [2.05, 4.69) is 0 Å². The number of carbonyl (C=O) groups excluding carboxylic acids is 1. The van der Waals surface area contributed by atoms with E-state index in [1.807, 2.05) is 0 Å². The smallest absolute Gasteiger partial charge is 0.194 e. The predicted molar refractivity (Wildman–Crippen MR) is 65.4 cm³/mol. The Bertz CT molecular complexity index is 537. The monoisotopic (exact) mass is 269 g/mol. The molecule has 0 heterocycles. The third kappa shape index (κ3) is 2.21. The summed E-state index contributed by atoms with van der Waals surface area (Å²) in [5.41, 5.74) is 5.49. The van der Waals surface area contributed by atoms with Crippen LogP contribution in [0.15, 0.2) is 53.3 Å². The normalized spacial score (nSPS) is 27.4. The predicted octanol–water partition coefficient (Wildman–Crippen LogP) is 3.10. The van der Waals surface area contributed by atoms with Gasteiger partial charge in [0.1, 0.15) is 11.7 Å². The molecule has 1 aliphatic rings. The van der Waals surface area contributed by atoms with Crippen molar-refractivity contribution in [3.63, 3.8) is 0 Å². The number of halogens is 3. The molecule has 0 aliphatic heterocycles. The lowest BCUT2D eigenvalue weighted by Crippen LogP contribution is -2.46. The summed E-state index contributed by atoms with van der Waals surface area (Å²) in [6.07, 6.45) is 1.91. The van der Waals surface area contributed by atoms with Gasteiger partial charge in [0, 0.05) is 5.56 Å². The first-order valence-electron chi connectivity index (χ1n) is 5.25. The molecule has 0 aromatic heterocycles. The third-order valence-corrected chi connectivity index (χ3v) is 3.04. The molecule has 1 aliphatic carbocycles. The molecule has 0 bridgehead atoms. The van der Waals surface area contributed by atoms with E-state index in [0.717, 1.165) is 12.2 Å². The Kier molecular flexibility index (Phi) is 3.32. The molecule has 2 nitrogen and oxygen atoms in total. The lowest BCUT2D eigenvalue weighted by Gasteiger charge is -2.28. The molecule has 94 valence electrons. The fraction of sp³-hybridized carbons (Fsp3) is 0.154. The van der Waals surface area contributed by atoms with Crippen LogP contribution in [0.1, 0.15) is 10.4 Å². The molecule has 0 saturated heterocycles. The Morgan fingerprint density at radius 3 is 2.56 bits per heavy atom. The Labute approximate surface area is 108 Å². The van der Waals surface area contributed by atoms with E-state index < -0.39 is 23.3 Å². The van der Waals surface area contributed by atoms with E-state index in [1.54, 1.807) is 18.2 Å². The van der Waals surface area contributed by atoms with E-state index in [1.165, 1.54) is 12.1 Å². The van der Waals surface area contributed by atoms with Crippen molar-refractivity contribution in [2.24, 2.45) is 11.7 Å². The number of benzene rings is 1. The minimum Gasteiger partial charge on any atom is -0.295 e. The summed E-state index contributed by atoms with van der Waals surface area (Å²) in [7, 11) is 0. The van der Waals surface area contributed by atoms with Crippen LogP contribution in [0.4, 0.5) is 8.78 Å². The molecular formula is C13H10ClF2NO. The summed E-state index contributed by atoms with van der Waals surface area (Å²) in [6.45, 7) is 0. The van der Waals surface area contributed by atoms with Crippen molar-refractivity contribution >= 4 is 17.4 Å². The first kappa shape index (κ1) is 12.9. The van der Waals surface area contributed by atoms with Crippen LogP contribution in [0.5, 0.6) is 0 Å². The van der Waals surface area contributed by atoms with Crippen LogP contribution in [0, 0.1) is 5.92 Å². The number of rotatable bonds is 2. The van der Waals surface area contributed by atoms with Gasteiger partial charge in [-0.3, -0.25) is 10.5 Å². The Morgan fingerprint density at radius 1 is 1.33 bits per heavy atom. The van der Waals surface area contributed by atoms with Gasteiger partial charge in [0.25, 0.3) is 0 Å². The minimum atomic E-state index is -2.57. The van der Waals surface area contributed by atoms with Crippen molar-refractivity contribution in [2.75, 3.05) is 0 Å². The van der Waals surface area contributed by atoms with E-state index >= 15 is 0 Å². The fourth-order valence-electron chi connectivity index (χ4n) is 1.79. The highest BCUT2D eigenvalue weighted by Crippen LogP contribution is 2.37. The molecule has 0 radical (unpaired) electrons. The van der Waals surface area contributed by atoms with Gasteiger partial charge >= 0.3 is 0 Å². The molecule has 0 unspecified atom stereocenters. The highest BCUT2D eigenvalue weighted by atomic mass is 35.5. The topological polar surface area (TPSA) is 43.1 Å². The second-order valence-corrected chi connectivity index (χ2v) is 4.43. The van der Waals surface area contributed by atoms with Crippen molar-refractivity contribution in [3.05, 3.63) is 58.9 Å². The van der Waals surface area contributed by atoms with Crippen LogP contribution in [-0.2, 0) is 0 Å². The highest BCUT2D eigenvalue weighted by Gasteiger charge is 2.44. The first-order valence-corrected chi connectivity index (χ1v) is 5.63. The number of ketones is 1. The molecule has 18 heavy (non-hydrogen) atoms. The van der Waals surface area contributed by atoms with Crippen molar-refractivity contribution in [1.82, 2.24) is 0 Å². The molecule has 2 rings (SSSR count). The molecule has 0 spiro atoms.